The summed E-state index contributed by atoms with van der Waals surface area (Å²) in [5.74, 6) is -1.45. The number of rotatable bonds is 6. The molecule has 0 spiro atoms. The lowest BCUT2D eigenvalue weighted by atomic mass is 10.3. The summed E-state index contributed by atoms with van der Waals surface area (Å²) in [6.45, 7) is 2.16. The van der Waals surface area contributed by atoms with E-state index in [1.165, 1.54) is 24.1 Å². The number of hydrogen-bond acceptors (Lipinski definition) is 3. The third-order valence-corrected chi connectivity index (χ3v) is 2.49. The maximum Gasteiger partial charge on any atom is 0.321 e. The first-order valence-electron chi connectivity index (χ1n) is 6.10. The first kappa shape index (κ1) is 15.7. The Labute approximate surface area is 116 Å². The van der Waals surface area contributed by atoms with Gasteiger partial charge in [0.2, 0.25) is 0 Å². The Kier molecular flexibility index (Phi) is 5.76. The lowest BCUT2D eigenvalue weighted by Gasteiger charge is -2.17. The first-order chi connectivity index (χ1) is 9.43. The highest BCUT2D eigenvalue weighted by molar-refractivity contribution is 5.89. The number of benzene rings is 1. The lowest BCUT2D eigenvalue weighted by molar-refractivity contribution is -0.137. The molecule has 0 saturated heterocycles. The van der Waals surface area contributed by atoms with Crippen LogP contribution in [0, 0.1) is 5.82 Å². The number of halogens is 1. The van der Waals surface area contributed by atoms with Crippen LogP contribution in [0.5, 0.6) is 5.75 Å². The van der Waals surface area contributed by atoms with Crippen molar-refractivity contribution in [1.29, 1.82) is 0 Å². The minimum Gasteiger partial charge on any atom is -0.491 e. The van der Waals surface area contributed by atoms with Crippen molar-refractivity contribution in [3.8, 4) is 5.75 Å². The van der Waals surface area contributed by atoms with E-state index in [-0.39, 0.29) is 24.4 Å². The Morgan fingerprint density at radius 1 is 1.45 bits per heavy atom. The summed E-state index contributed by atoms with van der Waals surface area (Å²) in [6, 6.07) is 3.58. The molecule has 2 N–H and O–H groups in total. The molecule has 1 aromatic rings. The number of hydrogen-bond donors (Lipinski definition) is 2. The van der Waals surface area contributed by atoms with Gasteiger partial charge in [-0.1, -0.05) is 0 Å². The fraction of sp³-hybridized carbons (Fsp3) is 0.385. The Morgan fingerprint density at radius 2 is 2.15 bits per heavy atom. The van der Waals surface area contributed by atoms with Crippen LogP contribution >= 0.6 is 0 Å². The molecule has 0 saturated carbocycles. The van der Waals surface area contributed by atoms with Gasteiger partial charge in [-0.15, -0.1) is 0 Å². The van der Waals surface area contributed by atoms with Crippen LogP contribution < -0.4 is 10.1 Å². The molecule has 0 aliphatic carbocycles. The number of urea groups is 1. The molecule has 20 heavy (non-hydrogen) atoms. The predicted molar refractivity (Wildman–Crippen MR) is 71.5 cm³/mol. The predicted octanol–water partition coefficient (Wildman–Crippen LogP) is 2.16. The number of nitrogens with one attached hydrogen (secondary N) is 1. The molecule has 0 aliphatic heterocycles. The van der Waals surface area contributed by atoms with Crippen molar-refractivity contribution in [3.05, 3.63) is 24.0 Å². The minimum atomic E-state index is -0.989. The second kappa shape index (κ2) is 7.32. The fourth-order valence-electron chi connectivity index (χ4n) is 1.43. The van der Waals surface area contributed by atoms with Crippen LogP contribution in [0.1, 0.15) is 13.3 Å². The van der Waals surface area contributed by atoms with E-state index in [2.05, 4.69) is 5.32 Å². The van der Waals surface area contributed by atoms with Crippen molar-refractivity contribution < 1.29 is 23.8 Å². The van der Waals surface area contributed by atoms with Gasteiger partial charge in [-0.2, -0.15) is 0 Å². The monoisotopic (exact) mass is 284 g/mol. The number of carboxylic acid groups (broad SMARTS) is 1. The largest absolute Gasteiger partial charge is 0.491 e. The van der Waals surface area contributed by atoms with Gasteiger partial charge in [-0.05, 0) is 19.1 Å². The molecule has 0 fully saturated rings. The van der Waals surface area contributed by atoms with Gasteiger partial charge in [-0.25, -0.2) is 9.18 Å². The molecule has 0 unspecified atom stereocenters. The molecule has 0 aliphatic rings. The average Bonchev–Trinajstić information content (AvgIpc) is 2.39. The van der Waals surface area contributed by atoms with Crippen LogP contribution in [0.25, 0.3) is 0 Å². The van der Waals surface area contributed by atoms with Gasteiger partial charge >= 0.3 is 12.0 Å². The number of aliphatic carboxylic acids is 1. The summed E-state index contributed by atoms with van der Waals surface area (Å²) in [4.78, 5) is 23.3. The smallest absolute Gasteiger partial charge is 0.321 e. The van der Waals surface area contributed by atoms with E-state index >= 15 is 0 Å². The number of carbonyl (C=O) groups excluding carboxylic acids is 1. The summed E-state index contributed by atoms with van der Waals surface area (Å²) >= 11 is 0. The van der Waals surface area contributed by atoms with Crippen LogP contribution in [0.15, 0.2) is 18.2 Å². The van der Waals surface area contributed by atoms with E-state index in [0.717, 1.165) is 6.07 Å². The molecular weight excluding hydrogens is 267 g/mol. The van der Waals surface area contributed by atoms with E-state index < -0.39 is 17.8 Å². The van der Waals surface area contributed by atoms with E-state index in [0.29, 0.717) is 6.61 Å². The Balaban J connectivity index is 2.61. The standard InChI is InChI=1S/C13H17FN2O4/c1-3-20-11-5-4-9(8-10(11)14)15-13(19)16(2)7-6-12(17)18/h4-5,8H,3,6-7H2,1-2H3,(H,15,19)(H,17,18). The van der Waals surface area contributed by atoms with Gasteiger partial charge in [-0.3, -0.25) is 4.79 Å². The number of anilines is 1. The molecule has 1 rings (SSSR count). The maximum absolute atomic E-state index is 13.6. The summed E-state index contributed by atoms with van der Waals surface area (Å²) in [5.41, 5.74) is 0.276. The zero-order valence-electron chi connectivity index (χ0n) is 11.4. The van der Waals surface area contributed by atoms with Crippen LogP contribution in [-0.2, 0) is 4.79 Å². The maximum atomic E-state index is 13.6. The van der Waals surface area contributed by atoms with E-state index in [1.54, 1.807) is 6.92 Å². The second-order valence-corrected chi connectivity index (χ2v) is 4.07. The topological polar surface area (TPSA) is 78.9 Å². The number of amides is 2. The quantitative estimate of drug-likeness (QED) is 0.839. The Hall–Kier alpha value is -2.31. The highest BCUT2D eigenvalue weighted by atomic mass is 19.1. The zero-order chi connectivity index (χ0) is 15.1. The molecule has 1 aromatic carbocycles. The van der Waals surface area contributed by atoms with Gasteiger partial charge in [0.1, 0.15) is 0 Å². The number of nitrogens with zero attached hydrogens (tertiary/aromatic N) is 1. The van der Waals surface area contributed by atoms with E-state index in [9.17, 15) is 14.0 Å². The van der Waals surface area contributed by atoms with Crippen LogP contribution in [0.4, 0.5) is 14.9 Å². The zero-order valence-corrected chi connectivity index (χ0v) is 11.4. The normalized spacial score (nSPS) is 9.95. The van der Waals surface area contributed by atoms with Crippen LogP contribution in [0.2, 0.25) is 0 Å². The summed E-state index contributed by atoms with van der Waals surface area (Å²) < 4.78 is 18.6. The average molecular weight is 284 g/mol. The van der Waals surface area contributed by atoms with Crippen molar-refractivity contribution in [1.82, 2.24) is 4.90 Å². The van der Waals surface area contributed by atoms with Crippen molar-refractivity contribution in [2.45, 2.75) is 13.3 Å². The van der Waals surface area contributed by atoms with Crippen LogP contribution in [0.3, 0.4) is 0 Å². The summed E-state index contributed by atoms with van der Waals surface area (Å²) in [6.07, 6.45) is -0.151. The van der Waals surface area contributed by atoms with E-state index in [4.69, 9.17) is 9.84 Å². The molecule has 0 heterocycles. The van der Waals surface area contributed by atoms with Crippen molar-refractivity contribution in [2.75, 3.05) is 25.5 Å². The number of ether oxygens (including phenoxy) is 1. The molecule has 0 aromatic heterocycles. The third-order valence-electron chi connectivity index (χ3n) is 2.49. The molecule has 0 radical (unpaired) electrons. The molecular formula is C13H17FN2O4. The van der Waals surface area contributed by atoms with Gasteiger partial charge in [0.15, 0.2) is 11.6 Å². The highest BCUT2D eigenvalue weighted by Crippen LogP contribution is 2.21. The molecule has 110 valence electrons. The molecule has 6 nitrogen and oxygen atoms in total. The van der Waals surface area contributed by atoms with E-state index in [1.807, 2.05) is 0 Å². The van der Waals surface area contributed by atoms with Crippen molar-refractivity contribution >= 4 is 17.7 Å². The van der Waals surface area contributed by atoms with Gasteiger partial charge in [0, 0.05) is 25.3 Å². The Morgan fingerprint density at radius 3 is 2.70 bits per heavy atom. The van der Waals surface area contributed by atoms with Crippen LogP contribution in [-0.4, -0.2) is 42.2 Å². The van der Waals surface area contributed by atoms with Gasteiger partial charge in [0.05, 0.1) is 13.0 Å². The SMILES string of the molecule is CCOc1ccc(NC(=O)N(C)CCC(=O)O)cc1F. The fourth-order valence-corrected chi connectivity index (χ4v) is 1.43. The number of carbonyl (C=O) groups is 2. The van der Waals surface area contributed by atoms with Gasteiger partial charge in [0.25, 0.3) is 0 Å². The lowest BCUT2D eigenvalue weighted by Crippen LogP contribution is -2.33. The third kappa shape index (κ3) is 4.75. The van der Waals surface area contributed by atoms with Gasteiger partial charge < -0.3 is 20.1 Å². The molecule has 0 bridgehead atoms. The first-order valence-corrected chi connectivity index (χ1v) is 6.10. The summed E-state index contributed by atoms with van der Waals surface area (Å²) in [5, 5.41) is 11.0. The summed E-state index contributed by atoms with van der Waals surface area (Å²) in [7, 11) is 1.46. The molecule has 2 amide bonds. The highest BCUT2D eigenvalue weighted by Gasteiger charge is 2.11. The number of carboxylic acids is 1. The molecule has 7 heteroatoms. The van der Waals surface area contributed by atoms with Crippen molar-refractivity contribution in [2.24, 2.45) is 0 Å². The van der Waals surface area contributed by atoms with Crippen molar-refractivity contribution in [3.63, 3.8) is 0 Å². The second-order valence-electron chi connectivity index (χ2n) is 4.07. The molecule has 0 atom stereocenters. The minimum absolute atomic E-state index is 0.0701. The Bertz CT molecular complexity index is 493.